The number of aryl methyl sites for hydroxylation is 1. The number of ether oxygens (including phenoxy) is 2. The van der Waals surface area contributed by atoms with E-state index in [-0.39, 0.29) is 5.63 Å². The molecule has 0 fully saturated rings. The molecule has 0 aliphatic heterocycles. The molecule has 3 rings (SSSR count). The van der Waals surface area contributed by atoms with Gasteiger partial charge in [0.05, 0.1) is 19.8 Å². The fraction of sp³-hybridized carbons (Fsp3) is 0.167. The molecule has 4 nitrogen and oxygen atoms in total. The summed E-state index contributed by atoms with van der Waals surface area (Å²) in [5, 5.41) is 0.893. The number of benzene rings is 2. The number of hydrogen-bond acceptors (Lipinski definition) is 4. The molecule has 0 unspecified atom stereocenters. The van der Waals surface area contributed by atoms with Gasteiger partial charge in [0.25, 0.3) is 0 Å². The molecule has 0 saturated heterocycles. The Morgan fingerprint density at radius 3 is 2.45 bits per heavy atom. The molecule has 0 radical (unpaired) electrons. The molecule has 1 aromatic heterocycles. The van der Waals surface area contributed by atoms with Gasteiger partial charge in [0, 0.05) is 5.39 Å². The second-order valence-electron chi connectivity index (χ2n) is 5.01. The van der Waals surface area contributed by atoms with Crippen LogP contribution in [0.4, 0.5) is 0 Å². The van der Waals surface area contributed by atoms with Crippen LogP contribution in [0.1, 0.15) is 5.56 Å². The van der Waals surface area contributed by atoms with Gasteiger partial charge in [0.2, 0.25) is 0 Å². The van der Waals surface area contributed by atoms with E-state index in [0.717, 1.165) is 16.5 Å². The SMILES string of the molecule is COc1ccc(-c2cc3cccc(C)c3oc2=O)cc1OC. The van der Waals surface area contributed by atoms with Crippen molar-refractivity contribution in [3.05, 3.63) is 58.4 Å². The van der Waals surface area contributed by atoms with Crippen LogP contribution in [-0.2, 0) is 0 Å². The van der Waals surface area contributed by atoms with Gasteiger partial charge in [-0.15, -0.1) is 0 Å². The second-order valence-corrected chi connectivity index (χ2v) is 5.01. The normalized spacial score (nSPS) is 10.7. The van der Waals surface area contributed by atoms with Gasteiger partial charge in [-0.25, -0.2) is 4.79 Å². The van der Waals surface area contributed by atoms with Crippen molar-refractivity contribution in [2.24, 2.45) is 0 Å². The fourth-order valence-electron chi connectivity index (χ4n) is 2.50. The zero-order valence-corrected chi connectivity index (χ0v) is 12.7. The Morgan fingerprint density at radius 2 is 1.73 bits per heavy atom. The van der Waals surface area contributed by atoms with Gasteiger partial charge in [-0.2, -0.15) is 0 Å². The van der Waals surface area contributed by atoms with Crippen LogP contribution >= 0.6 is 0 Å². The molecule has 2 aromatic carbocycles. The van der Waals surface area contributed by atoms with Crippen LogP contribution in [0.3, 0.4) is 0 Å². The molecule has 1 heterocycles. The molecule has 3 aromatic rings. The summed E-state index contributed by atoms with van der Waals surface area (Å²) in [7, 11) is 3.14. The maximum absolute atomic E-state index is 12.3. The Labute approximate surface area is 127 Å². The van der Waals surface area contributed by atoms with Crippen molar-refractivity contribution in [1.29, 1.82) is 0 Å². The summed E-state index contributed by atoms with van der Waals surface area (Å²) in [4.78, 5) is 12.3. The van der Waals surface area contributed by atoms with E-state index in [2.05, 4.69) is 0 Å². The highest BCUT2D eigenvalue weighted by atomic mass is 16.5. The predicted molar refractivity (Wildman–Crippen MR) is 85.8 cm³/mol. The lowest BCUT2D eigenvalue weighted by molar-refractivity contribution is 0.355. The number of methoxy groups -OCH3 is 2. The minimum Gasteiger partial charge on any atom is -0.493 e. The summed E-state index contributed by atoms with van der Waals surface area (Å²) in [5.74, 6) is 1.19. The van der Waals surface area contributed by atoms with Gasteiger partial charge in [0.1, 0.15) is 5.58 Å². The molecule has 0 aliphatic carbocycles. The van der Waals surface area contributed by atoms with Crippen LogP contribution in [-0.4, -0.2) is 14.2 Å². The van der Waals surface area contributed by atoms with Gasteiger partial charge < -0.3 is 13.9 Å². The smallest absolute Gasteiger partial charge is 0.344 e. The number of fused-ring (bicyclic) bond motifs is 1. The number of rotatable bonds is 3. The van der Waals surface area contributed by atoms with E-state index in [0.29, 0.717) is 22.6 Å². The van der Waals surface area contributed by atoms with Gasteiger partial charge in [-0.1, -0.05) is 24.3 Å². The highest BCUT2D eigenvalue weighted by molar-refractivity contribution is 5.84. The zero-order valence-electron chi connectivity index (χ0n) is 12.7. The first kappa shape index (κ1) is 14.2. The van der Waals surface area contributed by atoms with Crippen LogP contribution in [0.5, 0.6) is 11.5 Å². The van der Waals surface area contributed by atoms with E-state index in [1.165, 1.54) is 0 Å². The lowest BCUT2D eigenvalue weighted by atomic mass is 10.0. The maximum Gasteiger partial charge on any atom is 0.344 e. The summed E-state index contributed by atoms with van der Waals surface area (Å²) < 4.78 is 16.0. The van der Waals surface area contributed by atoms with E-state index in [4.69, 9.17) is 13.9 Å². The largest absolute Gasteiger partial charge is 0.493 e. The lowest BCUT2D eigenvalue weighted by Crippen LogP contribution is -2.03. The minimum atomic E-state index is -0.367. The first-order valence-electron chi connectivity index (χ1n) is 6.90. The van der Waals surface area contributed by atoms with Crippen molar-refractivity contribution in [3.63, 3.8) is 0 Å². The van der Waals surface area contributed by atoms with Crippen LogP contribution in [0.2, 0.25) is 0 Å². The molecule has 0 N–H and O–H groups in total. The first-order valence-corrected chi connectivity index (χ1v) is 6.90. The molecule has 4 heteroatoms. The third kappa shape index (κ3) is 2.33. The zero-order chi connectivity index (χ0) is 15.7. The fourth-order valence-corrected chi connectivity index (χ4v) is 2.50. The van der Waals surface area contributed by atoms with Crippen LogP contribution in [0.25, 0.3) is 22.1 Å². The summed E-state index contributed by atoms with van der Waals surface area (Å²) >= 11 is 0. The lowest BCUT2D eigenvalue weighted by Gasteiger charge is -2.09. The van der Waals surface area contributed by atoms with E-state index in [9.17, 15) is 4.79 Å². The van der Waals surface area contributed by atoms with Crippen molar-refractivity contribution >= 4 is 11.0 Å². The topological polar surface area (TPSA) is 48.7 Å². The van der Waals surface area contributed by atoms with Crippen molar-refractivity contribution in [2.75, 3.05) is 14.2 Å². The Hall–Kier alpha value is -2.75. The Bertz CT molecular complexity index is 893. The Kier molecular flexibility index (Phi) is 3.59. The average molecular weight is 296 g/mol. The Balaban J connectivity index is 2.22. The molecule has 0 amide bonds. The van der Waals surface area contributed by atoms with Gasteiger partial charge in [0.15, 0.2) is 11.5 Å². The summed E-state index contributed by atoms with van der Waals surface area (Å²) in [6, 6.07) is 13.0. The summed E-state index contributed by atoms with van der Waals surface area (Å²) in [5.41, 5.74) is 2.42. The van der Waals surface area contributed by atoms with E-state index in [1.807, 2.05) is 37.3 Å². The van der Waals surface area contributed by atoms with E-state index in [1.54, 1.807) is 26.4 Å². The molecule has 0 saturated carbocycles. The molecular weight excluding hydrogens is 280 g/mol. The highest BCUT2D eigenvalue weighted by Crippen LogP contribution is 2.32. The summed E-state index contributed by atoms with van der Waals surface area (Å²) in [6.45, 7) is 1.92. The van der Waals surface area contributed by atoms with Gasteiger partial charge >= 0.3 is 5.63 Å². The van der Waals surface area contributed by atoms with Crippen LogP contribution in [0.15, 0.2) is 51.7 Å². The van der Waals surface area contributed by atoms with Crippen LogP contribution in [0, 0.1) is 6.92 Å². The van der Waals surface area contributed by atoms with E-state index >= 15 is 0 Å². The second kappa shape index (κ2) is 5.56. The Morgan fingerprint density at radius 1 is 0.955 bits per heavy atom. The van der Waals surface area contributed by atoms with Crippen molar-refractivity contribution in [2.45, 2.75) is 6.92 Å². The molecule has 112 valence electrons. The molecule has 0 spiro atoms. The summed E-state index contributed by atoms with van der Waals surface area (Å²) in [6.07, 6.45) is 0. The predicted octanol–water partition coefficient (Wildman–Crippen LogP) is 3.79. The average Bonchev–Trinajstić information content (AvgIpc) is 2.54. The monoisotopic (exact) mass is 296 g/mol. The molecule has 0 bridgehead atoms. The molecule has 22 heavy (non-hydrogen) atoms. The third-order valence-electron chi connectivity index (χ3n) is 3.65. The first-order chi connectivity index (χ1) is 10.6. The highest BCUT2D eigenvalue weighted by Gasteiger charge is 2.12. The number of para-hydroxylation sites is 1. The van der Waals surface area contributed by atoms with Crippen molar-refractivity contribution in [3.8, 4) is 22.6 Å². The van der Waals surface area contributed by atoms with Crippen molar-refractivity contribution < 1.29 is 13.9 Å². The van der Waals surface area contributed by atoms with E-state index < -0.39 is 0 Å². The molecular formula is C18H16O4. The molecule has 0 aliphatic rings. The quantitative estimate of drug-likeness (QED) is 0.690. The number of hydrogen-bond donors (Lipinski definition) is 0. The molecule has 0 atom stereocenters. The minimum absolute atomic E-state index is 0.367. The van der Waals surface area contributed by atoms with Gasteiger partial charge in [-0.05, 0) is 36.2 Å². The van der Waals surface area contributed by atoms with Crippen LogP contribution < -0.4 is 15.1 Å². The van der Waals surface area contributed by atoms with Gasteiger partial charge in [-0.3, -0.25) is 0 Å². The third-order valence-corrected chi connectivity index (χ3v) is 3.65. The van der Waals surface area contributed by atoms with Crippen molar-refractivity contribution in [1.82, 2.24) is 0 Å². The maximum atomic E-state index is 12.3. The standard InChI is InChI=1S/C18H16O4/c1-11-5-4-6-13-9-14(18(19)22-17(11)13)12-7-8-15(20-2)16(10-12)21-3/h4-10H,1-3H3.